The lowest BCUT2D eigenvalue weighted by Gasteiger charge is -2.61. The van der Waals surface area contributed by atoms with Crippen LogP contribution in [0.3, 0.4) is 0 Å². The molecule has 3 saturated carbocycles. The van der Waals surface area contributed by atoms with Gasteiger partial charge in [0.1, 0.15) is 0 Å². The third kappa shape index (κ3) is 2.92. The van der Waals surface area contributed by atoms with Crippen LogP contribution in [0.5, 0.6) is 0 Å². The predicted octanol–water partition coefficient (Wildman–Crippen LogP) is 4.48. The summed E-state index contributed by atoms with van der Waals surface area (Å²) in [4.78, 5) is 29.5. The Morgan fingerprint density at radius 1 is 1.07 bits per heavy atom. The quantitative estimate of drug-likeness (QED) is 0.712. The number of hydrogen-bond donors (Lipinski definition) is 0. The van der Waals surface area contributed by atoms with Crippen molar-refractivity contribution in [2.24, 2.45) is 28.6 Å². The van der Waals surface area contributed by atoms with Gasteiger partial charge in [0.15, 0.2) is 0 Å². The first-order chi connectivity index (χ1) is 13.4. The lowest BCUT2D eigenvalue weighted by molar-refractivity contribution is -0.160. The molecule has 0 bridgehead atoms. The van der Waals surface area contributed by atoms with Crippen LogP contribution in [-0.2, 0) is 9.59 Å². The fraction of sp³-hybridized carbons (Fsp3) is 0.917. The van der Waals surface area contributed by atoms with Crippen LogP contribution in [0.15, 0.2) is 0 Å². The second-order valence-electron chi connectivity index (χ2n) is 10.5. The van der Waals surface area contributed by atoms with E-state index in [1.165, 1.54) is 38.5 Å². The van der Waals surface area contributed by atoms with E-state index < -0.39 is 0 Å². The summed E-state index contributed by atoms with van der Waals surface area (Å²) < 4.78 is 0. The summed E-state index contributed by atoms with van der Waals surface area (Å²) in [5.41, 5.74) is 0.545. The van der Waals surface area contributed by atoms with Crippen molar-refractivity contribution in [3.05, 3.63) is 0 Å². The SMILES string of the molecule is CCN(CC)C(=O)C[C@@]12CCC[C@H]1[C@@H]1CCC3N(C)C(=O)CC[C@]3(C)[C@H]1CC2. The number of piperidine rings is 1. The highest BCUT2D eigenvalue weighted by molar-refractivity contribution is 5.78. The molecule has 0 aromatic carbocycles. The van der Waals surface area contributed by atoms with E-state index in [-0.39, 0.29) is 10.8 Å². The molecule has 1 heterocycles. The Labute approximate surface area is 171 Å². The van der Waals surface area contributed by atoms with E-state index in [2.05, 4.69) is 25.7 Å². The summed E-state index contributed by atoms with van der Waals surface area (Å²) in [6.45, 7) is 8.36. The zero-order valence-electron chi connectivity index (χ0n) is 18.5. The normalized spacial score (nSPS) is 42.6. The maximum absolute atomic E-state index is 13.0. The Kier molecular flexibility index (Phi) is 5.29. The van der Waals surface area contributed by atoms with Crippen molar-refractivity contribution in [2.45, 2.75) is 91.0 Å². The number of nitrogens with zero attached hydrogens (tertiary/aromatic N) is 2. The van der Waals surface area contributed by atoms with Gasteiger partial charge in [0, 0.05) is 39.0 Å². The van der Waals surface area contributed by atoms with Crippen molar-refractivity contribution in [1.29, 1.82) is 0 Å². The summed E-state index contributed by atoms with van der Waals surface area (Å²) in [6.07, 6.45) is 11.4. The van der Waals surface area contributed by atoms with Crippen molar-refractivity contribution >= 4 is 11.8 Å². The Morgan fingerprint density at radius 2 is 1.82 bits per heavy atom. The molecule has 1 saturated heterocycles. The highest BCUT2D eigenvalue weighted by Crippen LogP contribution is 2.65. The zero-order valence-corrected chi connectivity index (χ0v) is 18.5. The standard InChI is InChI=1S/C24H40N2O2/c1-5-26(6-2)22(28)16-24-13-7-8-19(24)17-9-10-20-23(3,18(17)11-15-24)14-12-21(27)25(20)4/h17-20H,5-16H2,1-4H3/t17-,18+,19+,20?,23-,24+/m1/s1. The summed E-state index contributed by atoms with van der Waals surface area (Å²) in [6, 6.07) is 0.432. The Balaban J connectivity index is 1.57. The van der Waals surface area contributed by atoms with Gasteiger partial charge in [-0.15, -0.1) is 0 Å². The average molecular weight is 389 g/mol. The summed E-state index contributed by atoms with van der Waals surface area (Å²) >= 11 is 0. The van der Waals surface area contributed by atoms with Crippen LogP contribution in [0.25, 0.3) is 0 Å². The molecule has 4 aliphatic rings. The molecule has 0 radical (unpaired) electrons. The molecule has 0 aromatic rings. The van der Waals surface area contributed by atoms with Gasteiger partial charge in [-0.25, -0.2) is 0 Å². The van der Waals surface area contributed by atoms with Gasteiger partial charge in [-0.1, -0.05) is 13.3 Å². The largest absolute Gasteiger partial charge is 0.343 e. The number of carbonyl (C=O) groups is 2. The summed E-state index contributed by atoms with van der Waals surface area (Å²) in [5, 5.41) is 0. The van der Waals surface area contributed by atoms with E-state index >= 15 is 0 Å². The minimum absolute atomic E-state index is 0.264. The molecule has 158 valence electrons. The van der Waals surface area contributed by atoms with Crippen LogP contribution in [0.1, 0.15) is 85.0 Å². The smallest absolute Gasteiger partial charge is 0.223 e. The second-order valence-corrected chi connectivity index (χ2v) is 10.5. The number of likely N-dealkylation sites (tertiary alicyclic amines) is 1. The van der Waals surface area contributed by atoms with E-state index in [0.717, 1.165) is 56.5 Å². The van der Waals surface area contributed by atoms with Gasteiger partial charge in [-0.05, 0) is 87.4 Å². The van der Waals surface area contributed by atoms with Crippen LogP contribution < -0.4 is 0 Å². The number of carbonyl (C=O) groups excluding carboxylic acids is 2. The molecule has 1 unspecified atom stereocenters. The number of rotatable bonds is 4. The molecule has 28 heavy (non-hydrogen) atoms. The highest BCUT2D eigenvalue weighted by Gasteiger charge is 2.60. The summed E-state index contributed by atoms with van der Waals surface area (Å²) in [7, 11) is 2.04. The minimum atomic E-state index is 0.264. The average Bonchev–Trinajstić information content (AvgIpc) is 3.10. The first kappa shape index (κ1) is 20.2. The molecule has 0 N–H and O–H groups in total. The molecule has 0 aromatic heterocycles. The molecule has 2 amide bonds. The van der Waals surface area contributed by atoms with Gasteiger partial charge < -0.3 is 9.80 Å². The van der Waals surface area contributed by atoms with Gasteiger partial charge in [-0.2, -0.15) is 0 Å². The van der Waals surface area contributed by atoms with E-state index in [1.54, 1.807) is 0 Å². The molecule has 0 spiro atoms. The zero-order chi connectivity index (χ0) is 20.1. The number of hydrogen-bond acceptors (Lipinski definition) is 2. The molecular weight excluding hydrogens is 348 g/mol. The molecular formula is C24H40N2O2. The Hall–Kier alpha value is -1.06. The maximum Gasteiger partial charge on any atom is 0.223 e. The van der Waals surface area contributed by atoms with Gasteiger partial charge in [0.2, 0.25) is 11.8 Å². The van der Waals surface area contributed by atoms with Crippen LogP contribution in [0.2, 0.25) is 0 Å². The van der Waals surface area contributed by atoms with Crippen molar-refractivity contribution in [1.82, 2.24) is 9.80 Å². The maximum atomic E-state index is 13.0. The molecule has 3 aliphatic carbocycles. The van der Waals surface area contributed by atoms with Gasteiger partial charge in [0.05, 0.1) is 0 Å². The van der Waals surface area contributed by atoms with Crippen molar-refractivity contribution < 1.29 is 9.59 Å². The first-order valence-electron chi connectivity index (χ1n) is 11.9. The van der Waals surface area contributed by atoms with Gasteiger partial charge in [0.25, 0.3) is 0 Å². The van der Waals surface area contributed by atoms with E-state index in [9.17, 15) is 9.59 Å². The fourth-order valence-electron chi connectivity index (χ4n) is 8.24. The molecule has 4 heteroatoms. The lowest BCUT2D eigenvalue weighted by atomic mass is 9.47. The topological polar surface area (TPSA) is 40.6 Å². The van der Waals surface area contributed by atoms with Gasteiger partial charge in [-0.3, -0.25) is 9.59 Å². The molecule has 4 nitrogen and oxygen atoms in total. The Bertz CT molecular complexity index is 630. The first-order valence-corrected chi connectivity index (χ1v) is 11.9. The molecule has 4 fully saturated rings. The minimum Gasteiger partial charge on any atom is -0.343 e. The van der Waals surface area contributed by atoms with Crippen LogP contribution in [0, 0.1) is 28.6 Å². The summed E-state index contributed by atoms with van der Waals surface area (Å²) in [5.74, 6) is 2.96. The van der Waals surface area contributed by atoms with Crippen LogP contribution in [-0.4, -0.2) is 47.8 Å². The highest BCUT2D eigenvalue weighted by atomic mass is 16.2. The fourth-order valence-corrected chi connectivity index (χ4v) is 8.24. The lowest BCUT2D eigenvalue weighted by Crippen LogP contribution is -2.61. The van der Waals surface area contributed by atoms with Crippen LogP contribution >= 0.6 is 0 Å². The monoisotopic (exact) mass is 388 g/mol. The third-order valence-electron chi connectivity index (χ3n) is 9.70. The van der Waals surface area contributed by atoms with E-state index in [1.807, 2.05) is 11.9 Å². The molecule has 6 atom stereocenters. The molecule has 4 rings (SSSR count). The number of fused-ring (bicyclic) bond motifs is 5. The van der Waals surface area contributed by atoms with Gasteiger partial charge >= 0.3 is 0 Å². The molecule has 1 aliphatic heterocycles. The number of amides is 2. The second kappa shape index (κ2) is 7.32. The van der Waals surface area contributed by atoms with Crippen molar-refractivity contribution in [3.8, 4) is 0 Å². The van der Waals surface area contributed by atoms with Crippen molar-refractivity contribution in [3.63, 3.8) is 0 Å². The van der Waals surface area contributed by atoms with E-state index in [0.29, 0.717) is 17.9 Å². The predicted molar refractivity (Wildman–Crippen MR) is 112 cm³/mol. The third-order valence-corrected chi connectivity index (χ3v) is 9.70. The van der Waals surface area contributed by atoms with E-state index in [4.69, 9.17) is 0 Å². The Morgan fingerprint density at radius 3 is 2.54 bits per heavy atom. The van der Waals surface area contributed by atoms with Crippen molar-refractivity contribution in [2.75, 3.05) is 20.1 Å². The van der Waals surface area contributed by atoms with Crippen LogP contribution in [0.4, 0.5) is 0 Å².